The Morgan fingerprint density at radius 2 is 1.74 bits per heavy atom. The summed E-state index contributed by atoms with van der Waals surface area (Å²) in [5.41, 5.74) is 4.49. The van der Waals surface area contributed by atoms with Gasteiger partial charge in [-0.2, -0.15) is 20.2 Å². The van der Waals surface area contributed by atoms with Crippen LogP contribution in [0, 0.1) is 11.3 Å². The van der Waals surface area contributed by atoms with Gasteiger partial charge >= 0.3 is 0 Å². The number of carbonyl (C=O) groups is 1. The smallest absolute Gasteiger partial charge is 0.252 e. The number of anilines is 3. The van der Waals surface area contributed by atoms with Gasteiger partial charge in [-0.3, -0.25) is 9.63 Å². The molecule has 1 aliphatic rings. The second-order valence-electron chi connectivity index (χ2n) is 7.47. The number of nitrogens with one attached hydrogen (secondary N) is 2. The van der Waals surface area contributed by atoms with Crippen molar-refractivity contribution in [1.82, 2.24) is 19.9 Å². The van der Waals surface area contributed by atoms with Crippen LogP contribution in [0.4, 0.5) is 17.6 Å². The molecule has 1 aromatic heterocycles. The van der Waals surface area contributed by atoms with E-state index in [1.54, 1.807) is 47.4 Å². The van der Waals surface area contributed by atoms with Crippen LogP contribution >= 0.6 is 23.2 Å². The van der Waals surface area contributed by atoms with Gasteiger partial charge < -0.3 is 15.0 Å². The fourth-order valence-corrected chi connectivity index (χ4v) is 3.81. The van der Waals surface area contributed by atoms with Crippen LogP contribution in [0.25, 0.3) is 0 Å². The van der Waals surface area contributed by atoms with Gasteiger partial charge in [0.05, 0.1) is 24.8 Å². The molecule has 0 unspecified atom stereocenters. The van der Waals surface area contributed by atoms with Gasteiger partial charge in [-0.05, 0) is 42.0 Å². The number of morpholine rings is 1. The number of halogens is 2. The van der Waals surface area contributed by atoms with E-state index < -0.39 is 0 Å². The summed E-state index contributed by atoms with van der Waals surface area (Å²) in [5.74, 6) is 0.531. The van der Waals surface area contributed by atoms with Crippen molar-refractivity contribution in [3.63, 3.8) is 0 Å². The Morgan fingerprint density at radius 3 is 2.43 bits per heavy atom. The molecule has 180 valence electrons. The Balaban J connectivity index is 1.51. The third kappa shape index (κ3) is 6.77. The highest BCUT2D eigenvalue weighted by atomic mass is 35.5. The Kier molecular flexibility index (Phi) is 8.28. The van der Waals surface area contributed by atoms with Gasteiger partial charge in [-0.15, -0.1) is 0 Å². The van der Waals surface area contributed by atoms with Crippen LogP contribution in [0.1, 0.15) is 17.0 Å². The van der Waals surface area contributed by atoms with Crippen molar-refractivity contribution in [2.24, 2.45) is 0 Å². The van der Waals surface area contributed by atoms with Crippen LogP contribution < -0.4 is 10.8 Å². The van der Waals surface area contributed by atoms with E-state index in [2.05, 4.69) is 31.8 Å². The van der Waals surface area contributed by atoms with Crippen molar-refractivity contribution < 1.29 is 14.4 Å². The number of nitriles is 1. The van der Waals surface area contributed by atoms with Gasteiger partial charge in [0.1, 0.15) is 5.82 Å². The molecule has 0 spiro atoms. The maximum Gasteiger partial charge on any atom is 0.252 e. The van der Waals surface area contributed by atoms with Crippen molar-refractivity contribution in [2.45, 2.75) is 6.42 Å². The zero-order valence-corrected chi connectivity index (χ0v) is 20.0. The first-order chi connectivity index (χ1) is 17.0. The van der Waals surface area contributed by atoms with Crippen molar-refractivity contribution >= 4 is 46.7 Å². The van der Waals surface area contributed by atoms with Gasteiger partial charge in [-0.1, -0.05) is 29.3 Å². The van der Waals surface area contributed by atoms with Crippen LogP contribution in [0.15, 0.2) is 42.5 Å². The molecule has 1 amide bonds. The molecule has 10 nitrogen and oxygen atoms in total. The molecule has 4 rings (SSSR count). The van der Waals surface area contributed by atoms with Crippen molar-refractivity contribution in [3.8, 4) is 6.07 Å². The first kappa shape index (κ1) is 24.6. The summed E-state index contributed by atoms with van der Waals surface area (Å²) < 4.78 is 5.26. The molecular weight excluding hydrogens is 493 g/mol. The van der Waals surface area contributed by atoms with E-state index in [0.29, 0.717) is 59.0 Å². The normalized spacial score (nSPS) is 13.2. The van der Waals surface area contributed by atoms with Crippen LogP contribution in [-0.2, 0) is 20.8 Å². The van der Waals surface area contributed by atoms with E-state index in [4.69, 9.17) is 38.0 Å². The second kappa shape index (κ2) is 11.8. The minimum Gasteiger partial charge on any atom is -0.378 e. The van der Waals surface area contributed by atoms with Crippen molar-refractivity contribution in [3.05, 3.63) is 69.5 Å². The number of hydrogen-bond donors (Lipinski definition) is 2. The minimum absolute atomic E-state index is 0.101. The largest absolute Gasteiger partial charge is 0.378 e. The van der Waals surface area contributed by atoms with Crippen molar-refractivity contribution in [1.29, 1.82) is 5.26 Å². The van der Waals surface area contributed by atoms with Gasteiger partial charge in [-0.25, -0.2) is 5.48 Å². The molecule has 2 N–H and O–H groups in total. The molecule has 1 saturated heterocycles. The molecule has 35 heavy (non-hydrogen) atoms. The molecule has 1 fully saturated rings. The summed E-state index contributed by atoms with van der Waals surface area (Å²) in [6, 6.07) is 14.1. The van der Waals surface area contributed by atoms with Gasteiger partial charge in [0.25, 0.3) is 11.9 Å². The quantitative estimate of drug-likeness (QED) is 0.434. The van der Waals surface area contributed by atoms with Gasteiger partial charge in [0, 0.05) is 35.2 Å². The first-order valence-electron chi connectivity index (χ1n) is 10.7. The summed E-state index contributed by atoms with van der Waals surface area (Å²) in [4.78, 5) is 32.5. The molecule has 0 radical (unpaired) electrons. The molecule has 1 aliphatic heterocycles. The van der Waals surface area contributed by atoms with E-state index in [9.17, 15) is 4.79 Å². The average molecular weight is 514 g/mol. The van der Waals surface area contributed by atoms with Crippen LogP contribution in [-0.4, -0.2) is 58.7 Å². The topological polar surface area (TPSA) is 125 Å². The maximum atomic E-state index is 12.3. The fraction of sp³-hybridized carbons (Fsp3) is 0.261. The molecule has 12 heteroatoms. The van der Waals surface area contributed by atoms with E-state index in [1.807, 2.05) is 0 Å². The van der Waals surface area contributed by atoms with Crippen LogP contribution in [0.2, 0.25) is 10.0 Å². The molecule has 0 atom stereocenters. The number of aromatic nitrogens is 3. The number of nitrogens with zero attached hydrogens (tertiary/aromatic N) is 5. The molecule has 0 aliphatic carbocycles. The van der Waals surface area contributed by atoms with E-state index in [0.717, 1.165) is 0 Å². The Labute approximate surface area is 211 Å². The number of hydrogen-bond acceptors (Lipinski definition) is 9. The predicted molar refractivity (Wildman–Crippen MR) is 131 cm³/mol. The maximum absolute atomic E-state index is 12.3. The predicted octanol–water partition coefficient (Wildman–Crippen LogP) is 3.59. The lowest BCUT2D eigenvalue weighted by Crippen LogP contribution is -2.42. The fourth-order valence-electron chi connectivity index (χ4n) is 3.28. The third-order valence-electron chi connectivity index (χ3n) is 5.07. The molecule has 0 saturated carbocycles. The van der Waals surface area contributed by atoms with Gasteiger partial charge in [0.2, 0.25) is 5.95 Å². The van der Waals surface area contributed by atoms with Crippen molar-refractivity contribution in [2.75, 3.05) is 43.7 Å². The summed E-state index contributed by atoms with van der Waals surface area (Å²) in [6.45, 7) is 1.86. The molecule has 2 heterocycles. The Hall–Kier alpha value is -3.49. The molecule has 2 aromatic carbocycles. The van der Waals surface area contributed by atoms with E-state index in [-0.39, 0.29) is 30.8 Å². The highest BCUT2D eigenvalue weighted by Gasteiger charge is 2.17. The minimum atomic E-state index is -0.199. The Morgan fingerprint density at radius 1 is 1.06 bits per heavy atom. The number of benzene rings is 2. The number of amides is 1. The monoisotopic (exact) mass is 513 g/mol. The zero-order chi connectivity index (χ0) is 24.6. The third-order valence-corrected chi connectivity index (χ3v) is 5.78. The number of rotatable bonds is 8. The summed E-state index contributed by atoms with van der Waals surface area (Å²) in [7, 11) is 0. The van der Waals surface area contributed by atoms with E-state index >= 15 is 0 Å². The lowest BCUT2D eigenvalue weighted by atomic mass is 10.1. The number of carbonyl (C=O) groups excluding carboxylic acids is 1. The lowest BCUT2D eigenvalue weighted by molar-refractivity contribution is -0.139. The SMILES string of the molecule is N#Cc1ccc(Nc2nc(Cc3c(Cl)cccc3Cl)nc(NOCC(=O)N3CCOCC3)n2)cc1. The lowest BCUT2D eigenvalue weighted by Gasteiger charge is -2.26. The summed E-state index contributed by atoms with van der Waals surface area (Å²) in [5, 5.41) is 13.1. The standard InChI is InChI=1S/C23H21Cl2N7O3/c24-18-2-1-3-19(25)17(18)12-20-28-22(27-16-6-4-15(13-26)5-7-16)30-23(29-20)31-35-14-21(33)32-8-10-34-11-9-32/h1-7H,8-12,14H2,(H2,27,28,29,30,31). The second-order valence-corrected chi connectivity index (χ2v) is 8.29. The zero-order valence-electron chi connectivity index (χ0n) is 18.5. The van der Waals surface area contributed by atoms with Crippen LogP contribution in [0.3, 0.4) is 0 Å². The summed E-state index contributed by atoms with van der Waals surface area (Å²) >= 11 is 12.6. The average Bonchev–Trinajstić information content (AvgIpc) is 2.87. The molecular formula is C23H21Cl2N7O3. The van der Waals surface area contributed by atoms with Gasteiger partial charge in [0.15, 0.2) is 6.61 Å². The molecule has 0 bridgehead atoms. The Bertz CT molecular complexity index is 1210. The van der Waals surface area contributed by atoms with E-state index in [1.165, 1.54) is 0 Å². The number of ether oxygens (including phenoxy) is 1. The first-order valence-corrected chi connectivity index (χ1v) is 11.5. The molecule has 3 aromatic rings. The van der Waals surface area contributed by atoms with Crippen LogP contribution in [0.5, 0.6) is 0 Å². The summed E-state index contributed by atoms with van der Waals surface area (Å²) in [6.07, 6.45) is 0.241. The highest BCUT2D eigenvalue weighted by Crippen LogP contribution is 2.26. The highest BCUT2D eigenvalue weighted by molar-refractivity contribution is 6.36.